The van der Waals surface area contributed by atoms with Gasteiger partial charge in [0.25, 0.3) is 0 Å². The molecule has 0 spiro atoms. The number of nitrogens with one attached hydrogen (secondary N) is 2. The highest BCUT2D eigenvalue weighted by atomic mass is 15.5. The normalized spacial score (nSPS) is 23.1. The Morgan fingerprint density at radius 3 is 2.62 bits per heavy atom. The molecule has 5 rings (SSSR count). The predicted molar refractivity (Wildman–Crippen MR) is 99.2 cm³/mol. The summed E-state index contributed by atoms with van der Waals surface area (Å²) in [6.45, 7) is 0. The first kappa shape index (κ1) is 15.5. The van der Waals surface area contributed by atoms with E-state index < -0.39 is 0 Å². The molecule has 0 aliphatic heterocycles. The molecular formula is C20H22N6. The lowest BCUT2D eigenvalue weighted by atomic mass is 9.61. The average Bonchev–Trinajstić information content (AvgIpc) is 3.38. The van der Waals surface area contributed by atoms with Crippen LogP contribution in [0.25, 0.3) is 17.6 Å². The summed E-state index contributed by atoms with van der Waals surface area (Å²) in [5.74, 6) is 1.28. The summed E-state index contributed by atoms with van der Waals surface area (Å²) in [6.07, 6.45) is 12.2. The van der Waals surface area contributed by atoms with Crippen LogP contribution in [0.2, 0.25) is 0 Å². The molecule has 2 aliphatic carbocycles. The number of tetrazole rings is 1. The number of fused-ring (bicyclic) bond motifs is 1. The minimum atomic E-state index is 0.0398. The quantitative estimate of drug-likeness (QED) is 0.758. The highest BCUT2D eigenvalue weighted by molar-refractivity contribution is 5.72. The van der Waals surface area contributed by atoms with Gasteiger partial charge >= 0.3 is 0 Å². The fourth-order valence-electron chi connectivity index (χ4n) is 4.81. The molecule has 1 unspecified atom stereocenters. The molecule has 26 heavy (non-hydrogen) atoms. The summed E-state index contributed by atoms with van der Waals surface area (Å²) in [5.41, 5.74) is 4.52. The van der Waals surface area contributed by atoms with Gasteiger partial charge in [-0.1, -0.05) is 61.7 Å². The topological polar surface area (TPSA) is 83.1 Å². The molecule has 1 saturated carbocycles. The van der Waals surface area contributed by atoms with Crippen LogP contribution in [0.5, 0.6) is 0 Å². The predicted octanol–water partition coefficient (Wildman–Crippen LogP) is 3.68. The van der Waals surface area contributed by atoms with Crippen molar-refractivity contribution < 1.29 is 0 Å². The van der Waals surface area contributed by atoms with Gasteiger partial charge in [-0.05, 0) is 34.7 Å². The molecule has 6 heteroatoms. The lowest BCUT2D eigenvalue weighted by Gasteiger charge is -2.43. The number of hydrogen-bond donors (Lipinski definition) is 2. The van der Waals surface area contributed by atoms with Crippen molar-refractivity contribution in [3.05, 3.63) is 53.2 Å². The molecule has 2 aromatic heterocycles. The lowest BCUT2D eigenvalue weighted by Crippen LogP contribution is -2.38. The summed E-state index contributed by atoms with van der Waals surface area (Å²) in [7, 11) is 0. The number of aromatic amines is 2. The third-order valence-corrected chi connectivity index (χ3v) is 6.11. The fourth-order valence-corrected chi connectivity index (χ4v) is 4.81. The van der Waals surface area contributed by atoms with Crippen LogP contribution in [-0.4, -0.2) is 30.8 Å². The van der Waals surface area contributed by atoms with E-state index >= 15 is 0 Å². The van der Waals surface area contributed by atoms with Crippen LogP contribution in [0.4, 0.5) is 0 Å². The van der Waals surface area contributed by atoms with E-state index in [9.17, 15) is 0 Å². The summed E-state index contributed by atoms with van der Waals surface area (Å²) in [4.78, 5) is 0. The van der Waals surface area contributed by atoms with Crippen molar-refractivity contribution in [3.63, 3.8) is 0 Å². The van der Waals surface area contributed by atoms with Gasteiger partial charge in [0.05, 0.1) is 0 Å². The number of aromatic nitrogens is 6. The maximum atomic E-state index is 4.49. The average molecular weight is 346 g/mol. The van der Waals surface area contributed by atoms with Gasteiger partial charge in [0.1, 0.15) is 5.69 Å². The zero-order valence-electron chi connectivity index (χ0n) is 14.7. The molecule has 0 radical (unpaired) electrons. The maximum Gasteiger partial charge on any atom is 0.200 e. The Hall–Kier alpha value is -2.76. The Kier molecular flexibility index (Phi) is 3.69. The van der Waals surface area contributed by atoms with Crippen LogP contribution in [0, 0.1) is 5.92 Å². The standard InChI is InChI=1S/C20H22N6/c1-3-7-14(8-4-1)20(15-9-5-2-6-10-15)12-11-16-17(13-20)21-22-18(16)19-23-25-26-24-19/h1,3-4,7-8,11-12,15H,2,5-6,9-10,13H2,(H,21,22)(H,23,24,25,26). The van der Waals surface area contributed by atoms with Crippen LogP contribution >= 0.6 is 0 Å². The second-order valence-corrected chi connectivity index (χ2v) is 7.47. The van der Waals surface area contributed by atoms with E-state index in [1.54, 1.807) is 0 Å². The zero-order chi connectivity index (χ0) is 17.4. The van der Waals surface area contributed by atoms with E-state index in [1.165, 1.54) is 43.4 Å². The van der Waals surface area contributed by atoms with E-state index in [2.05, 4.69) is 73.3 Å². The molecule has 2 heterocycles. The van der Waals surface area contributed by atoms with Gasteiger partial charge < -0.3 is 0 Å². The van der Waals surface area contributed by atoms with Crippen LogP contribution in [-0.2, 0) is 11.8 Å². The van der Waals surface area contributed by atoms with Gasteiger partial charge in [0, 0.05) is 23.1 Å². The van der Waals surface area contributed by atoms with Crippen molar-refractivity contribution in [2.45, 2.75) is 43.9 Å². The van der Waals surface area contributed by atoms with Crippen molar-refractivity contribution in [2.75, 3.05) is 0 Å². The molecule has 0 bridgehead atoms. The Morgan fingerprint density at radius 2 is 1.85 bits per heavy atom. The van der Waals surface area contributed by atoms with Crippen molar-refractivity contribution >= 4 is 6.08 Å². The van der Waals surface area contributed by atoms with E-state index in [1.807, 2.05) is 0 Å². The Morgan fingerprint density at radius 1 is 1.00 bits per heavy atom. The summed E-state index contributed by atoms with van der Waals surface area (Å²) in [6, 6.07) is 11.0. The molecule has 0 saturated heterocycles. The molecule has 2 aliphatic rings. The van der Waals surface area contributed by atoms with Crippen molar-refractivity contribution in [1.82, 2.24) is 30.8 Å². The van der Waals surface area contributed by atoms with Crippen molar-refractivity contribution in [1.29, 1.82) is 0 Å². The number of allylic oxidation sites excluding steroid dienone is 1. The molecule has 1 fully saturated rings. The van der Waals surface area contributed by atoms with E-state index in [4.69, 9.17) is 0 Å². The number of H-pyrrole nitrogens is 2. The second-order valence-electron chi connectivity index (χ2n) is 7.47. The van der Waals surface area contributed by atoms with Crippen LogP contribution < -0.4 is 0 Å². The monoisotopic (exact) mass is 346 g/mol. The van der Waals surface area contributed by atoms with E-state index in [0.717, 1.165) is 17.7 Å². The van der Waals surface area contributed by atoms with Crippen LogP contribution in [0.3, 0.4) is 0 Å². The van der Waals surface area contributed by atoms with Gasteiger partial charge in [-0.25, -0.2) is 5.10 Å². The van der Waals surface area contributed by atoms with E-state index in [0.29, 0.717) is 11.7 Å². The molecule has 132 valence electrons. The van der Waals surface area contributed by atoms with Crippen LogP contribution in [0.1, 0.15) is 48.9 Å². The SMILES string of the molecule is C1=CC(c2ccccc2)(C2CCCCC2)Cc2[nH]nc(-c3nnn[nH]3)c21. The Bertz CT molecular complexity index is 905. The number of benzene rings is 1. The molecule has 0 amide bonds. The summed E-state index contributed by atoms with van der Waals surface area (Å²) >= 11 is 0. The minimum absolute atomic E-state index is 0.0398. The molecule has 3 aromatic rings. The first-order valence-corrected chi connectivity index (χ1v) is 9.43. The lowest BCUT2D eigenvalue weighted by molar-refractivity contribution is 0.241. The largest absolute Gasteiger partial charge is 0.281 e. The zero-order valence-corrected chi connectivity index (χ0v) is 14.7. The van der Waals surface area contributed by atoms with Crippen molar-refractivity contribution in [3.8, 4) is 11.5 Å². The van der Waals surface area contributed by atoms with Crippen LogP contribution in [0.15, 0.2) is 36.4 Å². The van der Waals surface area contributed by atoms with E-state index in [-0.39, 0.29) is 5.41 Å². The second kappa shape index (κ2) is 6.20. The minimum Gasteiger partial charge on any atom is -0.281 e. The molecule has 1 atom stereocenters. The third-order valence-electron chi connectivity index (χ3n) is 6.11. The van der Waals surface area contributed by atoms with Gasteiger partial charge in [0.15, 0.2) is 0 Å². The van der Waals surface area contributed by atoms with Gasteiger partial charge in [0.2, 0.25) is 5.82 Å². The Labute approximate surface area is 152 Å². The maximum absolute atomic E-state index is 4.49. The van der Waals surface area contributed by atoms with Gasteiger partial charge in [-0.15, -0.1) is 5.10 Å². The molecular weight excluding hydrogens is 324 g/mol. The van der Waals surface area contributed by atoms with Gasteiger partial charge in [-0.3, -0.25) is 5.10 Å². The smallest absolute Gasteiger partial charge is 0.200 e. The van der Waals surface area contributed by atoms with Gasteiger partial charge in [-0.2, -0.15) is 5.10 Å². The first-order chi connectivity index (χ1) is 12.9. The van der Waals surface area contributed by atoms with Crippen molar-refractivity contribution in [2.24, 2.45) is 5.92 Å². The number of nitrogens with zero attached hydrogens (tertiary/aromatic N) is 4. The number of rotatable bonds is 3. The number of hydrogen-bond acceptors (Lipinski definition) is 4. The fraction of sp³-hybridized carbons (Fsp3) is 0.400. The molecule has 6 nitrogen and oxygen atoms in total. The summed E-state index contributed by atoms with van der Waals surface area (Å²) < 4.78 is 0. The highest BCUT2D eigenvalue weighted by Gasteiger charge is 2.41. The third kappa shape index (κ3) is 2.40. The molecule has 2 N–H and O–H groups in total. The molecule has 1 aromatic carbocycles. The highest BCUT2D eigenvalue weighted by Crippen LogP contribution is 2.47. The summed E-state index contributed by atoms with van der Waals surface area (Å²) in [5, 5.41) is 21.9. The first-order valence-electron chi connectivity index (χ1n) is 9.43. The Balaban J connectivity index is 1.59.